The molecule has 0 aliphatic rings. The Hall–Kier alpha value is -3.74. The fraction of sp³-hybridized carbons (Fsp3) is 0.182. The second-order valence-corrected chi connectivity index (χ2v) is 6.86. The largest absolute Gasteiger partial charge is 0.507 e. The number of hydrogen-bond acceptors (Lipinski definition) is 7. The van der Waals surface area contributed by atoms with Crippen LogP contribution < -0.4 is 20.7 Å². The van der Waals surface area contributed by atoms with E-state index in [1.54, 1.807) is 61.5 Å². The van der Waals surface area contributed by atoms with Gasteiger partial charge in [-0.05, 0) is 24.3 Å². The Morgan fingerprint density at radius 1 is 0.966 bits per heavy atom. The van der Waals surface area contributed by atoms with Crippen molar-refractivity contribution < 1.29 is 18.7 Å². The van der Waals surface area contributed by atoms with Gasteiger partial charge in [0.15, 0.2) is 5.43 Å². The average Bonchev–Trinajstić information content (AvgIpc) is 2.71. The summed E-state index contributed by atoms with van der Waals surface area (Å²) in [5.41, 5.74) is -0.0667. The van der Waals surface area contributed by atoms with E-state index >= 15 is 0 Å². The minimum Gasteiger partial charge on any atom is -0.507 e. The van der Waals surface area contributed by atoms with E-state index in [0.717, 1.165) is 0 Å². The molecular weight excluding hydrogens is 374 g/mol. The summed E-state index contributed by atoms with van der Waals surface area (Å²) < 4.78 is 16.5. The standard InChI is InChI=1S/C22H19NO6/c1-23(2)21-15(19(24)14-9-8-12(27-3)10-18(14)28-21)11-16-20(25)13-6-4-5-7-17(13)29-22(16)26/h4-10,25H,11H2,1-3H3. The minimum atomic E-state index is -0.694. The highest BCUT2D eigenvalue weighted by Crippen LogP contribution is 2.31. The molecule has 0 saturated carbocycles. The third-order valence-electron chi connectivity index (χ3n) is 4.81. The average molecular weight is 393 g/mol. The molecule has 29 heavy (non-hydrogen) atoms. The topological polar surface area (TPSA) is 93.1 Å². The first-order valence-corrected chi connectivity index (χ1v) is 8.95. The normalized spacial score (nSPS) is 11.1. The maximum atomic E-state index is 13.2. The number of fused-ring (bicyclic) bond motifs is 2. The molecule has 0 radical (unpaired) electrons. The second-order valence-electron chi connectivity index (χ2n) is 6.86. The van der Waals surface area contributed by atoms with E-state index in [0.29, 0.717) is 28.0 Å². The smallest absolute Gasteiger partial charge is 0.343 e. The number of rotatable bonds is 4. The van der Waals surface area contributed by atoms with Crippen molar-refractivity contribution in [3.63, 3.8) is 0 Å². The number of benzene rings is 2. The van der Waals surface area contributed by atoms with Crippen molar-refractivity contribution in [2.75, 3.05) is 26.1 Å². The zero-order chi connectivity index (χ0) is 20.7. The SMILES string of the molecule is COc1ccc2c(=O)c(Cc3c(O)c4ccccc4oc3=O)c(N(C)C)oc2c1. The van der Waals surface area contributed by atoms with Crippen LogP contribution in [-0.4, -0.2) is 26.3 Å². The lowest BCUT2D eigenvalue weighted by molar-refractivity contribution is 0.414. The number of para-hydroxylation sites is 1. The summed E-state index contributed by atoms with van der Waals surface area (Å²) in [4.78, 5) is 27.4. The molecule has 0 aliphatic carbocycles. The van der Waals surface area contributed by atoms with Gasteiger partial charge in [0, 0.05) is 26.6 Å². The third kappa shape index (κ3) is 3.10. The van der Waals surface area contributed by atoms with Crippen molar-refractivity contribution in [2.24, 2.45) is 0 Å². The van der Waals surface area contributed by atoms with E-state index in [-0.39, 0.29) is 34.3 Å². The molecule has 2 aromatic heterocycles. The third-order valence-corrected chi connectivity index (χ3v) is 4.81. The van der Waals surface area contributed by atoms with Crippen molar-refractivity contribution in [1.82, 2.24) is 0 Å². The molecule has 1 N–H and O–H groups in total. The summed E-state index contributed by atoms with van der Waals surface area (Å²) >= 11 is 0. The van der Waals surface area contributed by atoms with Gasteiger partial charge in [-0.3, -0.25) is 4.79 Å². The fourth-order valence-electron chi connectivity index (χ4n) is 3.35. The van der Waals surface area contributed by atoms with E-state index in [4.69, 9.17) is 13.6 Å². The molecular formula is C22H19NO6. The van der Waals surface area contributed by atoms with E-state index in [1.165, 1.54) is 7.11 Å². The van der Waals surface area contributed by atoms with Gasteiger partial charge in [0.05, 0.1) is 29.0 Å². The van der Waals surface area contributed by atoms with Crippen molar-refractivity contribution in [3.05, 3.63) is 74.2 Å². The zero-order valence-corrected chi connectivity index (χ0v) is 16.2. The number of hydrogen-bond donors (Lipinski definition) is 1. The van der Waals surface area contributed by atoms with Crippen LogP contribution in [0.25, 0.3) is 21.9 Å². The van der Waals surface area contributed by atoms with Crippen LogP contribution >= 0.6 is 0 Å². The molecule has 0 fully saturated rings. The monoisotopic (exact) mass is 393 g/mol. The highest BCUT2D eigenvalue weighted by Gasteiger charge is 2.22. The number of ether oxygens (including phenoxy) is 1. The van der Waals surface area contributed by atoms with Gasteiger partial charge in [0.1, 0.15) is 22.7 Å². The first-order chi connectivity index (χ1) is 13.9. The lowest BCUT2D eigenvalue weighted by Gasteiger charge is -2.17. The van der Waals surface area contributed by atoms with E-state index < -0.39 is 5.63 Å². The fourth-order valence-corrected chi connectivity index (χ4v) is 3.35. The summed E-state index contributed by atoms with van der Waals surface area (Å²) in [6, 6.07) is 11.6. The van der Waals surface area contributed by atoms with Crippen molar-refractivity contribution >= 4 is 27.8 Å². The van der Waals surface area contributed by atoms with Crippen LogP contribution in [0.2, 0.25) is 0 Å². The Labute approximate surface area is 165 Å². The number of methoxy groups -OCH3 is 1. The summed E-state index contributed by atoms with van der Waals surface area (Å²) in [6.07, 6.45) is -0.128. The quantitative estimate of drug-likeness (QED) is 0.532. The lowest BCUT2D eigenvalue weighted by atomic mass is 10.0. The van der Waals surface area contributed by atoms with Crippen molar-refractivity contribution in [2.45, 2.75) is 6.42 Å². The van der Waals surface area contributed by atoms with Crippen molar-refractivity contribution in [3.8, 4) is 11.5 Å². The molecule has 0 saturated heterocycles. The Morgan fingerprint density at radius 2 is 1.72 bits per heavy atom. The van der Waals surface area contributed by atoms with E-state index in [1.807, 2.05) is 0 Å². The Balaban J connectivity index is 1.96. The molecule has 4 aromatic rings. The molecule has 148 valence electrons. The highest BCUT2D eigenvalue weighted by atomic mass is 16.5. The van der Waals surface area contributed by atoms with Crippen LogP contribution in [0.15, 0.2) is 60.9 Å². The molecule has 0 spiro atoms. The van der Waals surface area contributed by atoms with Gasteiger partial charge in [0.2, 0.25) is 5.88 Å². The summed E-state index contributed by atoms with van der Waals surface area (Å²) in [5, 5.41) is 11.4. The first-order valence-electron chi connectivity index (χ1n) is 8.95. The van der Waals surface area contributed by atoms with Gasteiger partial charge >= 0.3 is 5.63 Å². The molecule has 0 bridgehead atoms. The van der Waals surface area contributed by atoms with Crippen LogP contribution in [0.3, 0.4) is 0 Å². The van der Waals surface area contributed by atoms with Gasteiger partial charge in [-0.1, -0.05) is 12.1 Å². The highest BCUT2D eigenvalue weighted by molar-refractivity contribution is 5.84. The molecule has 2 heterocycles. The predicted octanol–water partition coefficient (Wildman–Crippen LogP) is 3.27. The molecule has 4 rings (SSSR count). The summed E-state index contributed by atoms with van der Waals surface area (Å²) in [6.45, 7) is 0. The van der Waals surface area contributed by atoms with Crippen LogP contribution in [0.1, 0.15) is 11.1 Å². The van der Waals surface area contributed by atoms with Crippen molar-refractivity contribution in [1.29, 1.82) is 0 Å². The van der Waals surface area contributed by atoms with E-state index in [2.05, 4.69) is 0 Å². The van der Waals surface area contributed by atoms with Gasteiger partial charge in [-0.2, -0.15) is 0 Å². The molecule has 0 amide bonds. The number of anilines is 1. The second kappa shape index (κ2) is 7.01. The maximum absolute atomic E-state index is 13.2. The number of nitrogens with zero attached hydrogens (tertiary/aromatic N) is 1. The zero-order valence-electron chi connectivity index (χ0n) is 16.2. The molecule has 2 aromatic carbocycles. The summed E-state index contributed by atoms with van der Waals surface area (Å²) in [7, 11) is 5.00. The van der Waals surface area contributed by atoms with Gasteiger partial charge < -0.3 is 23.6 Å². The Kier molecular flexibility index (Phi) is 4.50. The van der Waals surface area contributed by atoms with Crippen LogP contribution in [0.4, 0.5) is 5.88 Å². The Morgan fingerprint density at radius 3 is 2.45 bits per heavy atom. The maximum Gasteiger partial charge on any atom is 0.343 e. The molecule has 0 atom stereocenters. The van der Waals surface area contributed by atoms with Crippen LogP contribution in [0.5, 0.6) is 11.5 Å². The molecule has 0 unspecified atom stereocenters. The summed E-state index contributed by atoms with van der Waals surface area (Å²) in [5.74, 6) is 0.657. The minimum absolute atomic E-state index is 0.00645. The van der Waals surface area contributed by atoms with Gasteiger partial charge in [-0.25, -0.2) is 4.79 Å². The number of aromatic hydroxyl groups is 1. The molecule has 7 nitrogen and oxygen atoms in total. The van der Waals surface area contributed by atoms with Gasteiger partial charge in [0.25, 0.3) is 0 Å². The van der Waals surface area contributed by atoms with Crippen LogP contribution in [0, 0.1) is 0 Å². The van der Waals surface area contributed by atoms with Crippen LogP contribution in [-0.2, 0) is 6.42 Å². The van der Waals surface area contributed by atoms with E-state index in [9.17, 15) is 14.7 Å². The molecule has 0 aliphatic heterocycles. The Bertz CT molecular complexity index is 1350. The lowest BCUT2D eigenvalue weighted by Crippen LogP contribution is -2.21. The molecule has 7 heteroatoms. The van der Waals surface area contributed by atoms with Gasteiger partial charge in [-0.15, -0.1) is 0 Å². The first kappa shape index (κ1) is 18.6. The predicted molar refractivity (Wildman–Crippen MR) is 110 cm³/mol.